The third kappa shape index (κ3) is 4.55. The molecule has 154 valence electrons. The zero-order chi connectivity index (χ0) is 21.6. The van der Waals surface area contributed by atoms with E-state index >= 15 is 0 Å². The molecule has 0 radical (unpaired) electrons. The molecule has 0 amide bonds. The molecule has 32 heavy (non-hydrogen) atoms. The summed E-state index contributed by atoms with van der Waals surface area (Å²) in [5.74, 6) is 2.87. The van der Waals surface area contributed by atoms with Crippen LogP contribution < -0.4 is 9.47 Å². The van der Waals surface area contributed by atoms with Gasteiger partial charge in [-0.1, -0.05) is 97.1 Å². The van der Waals surface area contributed by atoms with E-state index in [9.17, 15) is 0 Å². The SMILES string of the molecule is c1ccc(-c2ccc(Oc3ccccc3Oc3ccc(-c4ccccc4)cc3)cc2)cc1. The summed E-state index contributed by atoms with van der Waals surface area (Å²) in [6.07, 6.45) is 0. The van der Waals surface area contributed by atoms with Crippen molar-refractivity contribution in [3.8, 4) is 45.3 Å². The summed E-state index contributed by atoms with van der Waals surface area (Å²) < 4.78 is 12.3. The largest absolute Gasteiger partial charge is 0.453 e. The minimum Gasteiger partial charge on any atom is -0.453 e. The Hall–Kier alpha value is -4.30. The van der Waals surface area contributed by atoms with Crippen LogP contribution in [0.3, 0.4) is 0 Å². The third-order valence-corrected chi connectivity index (χ3v) is 5.23. The Bertz CT molecular complexity index is 1170. The second-order valence-electron chi connectivity index (χ2n) is 7.43. The van der Waals surface area contributed by atoms with Crippen LogP contribution in [0.1, 0.15) is 0 Å². The van der Waals surface area contributed by atoms with E-state index in [0.29, 0.717) is 11.5 Å². The molecule has 0 heterocycles. The molecule has 0 fully saturated rings. The Labute approximate surface area is 188 Å². The summed E-state index contributed by atoms with van der Waals surface area (Å²) >= 11 is 0. The Balaban J connectivity index is 1.32. The molecule has 5 rings (SSSR count). The molecule has 0 saturated carbocycles. The van der Waals surface area contributed by atoms with Crippen LogP contribution >= 0.6 is 0 Å². The lowest BCUT2D eigenvalue weighted by atomic mass is 10.1. The van der Waals surface area contributed by atoms with Gasteiger partial charge in [-0.3, -0.25) is 0 Å². The Morgan fingerprint density at radius 2 is 0.594 bits per heavy atom. The number of hydrogen-bond donors (Lipinski definition) is 0. The van der Waals surface area contributed by atoms with E-state index in [0.717, 1.165) is 22.6 Å². The Morgan fingerprint density at radius 1 is 0.281 bits per heavy atom. The van der Waals surface area contributed by atoms with Crippen LogP contribution in [-0.2, 0) is 0 Å². The molecular formula is C30H22O2. The number of rotatable bonds is 6. The van der Waals surface area contributed by atoms with Gasteiger partial charge in [-0.15, -0.1) is 0 Å². The number of para-hydroxylation sites is 2. The predicted molar refractivity (Wildman–Crippen MR) is 130 cm³/mol. The van der Waals surface area contributed by atoms with Crippen molar-refractivity contribution < 1.29 is 9.47 Å². The normalized spacial score (nSPS) is 10.5. The average molecular weight is 415 g/mol. The molecule has 0 atom stereocenters. The first-order valence-corrected chi connectivity index (χ1v) is 10.6. The maximum atomic E-state index is 6.14. The lowest BCUT2D eigenvalue weighted by Crippen LogP contribution is -1.90. The maximum absolute atomic E-state index is 6.14. The van der Waals surface area contributed by atoms with Gasteiger partial charge in [0.2, 0.25) is 0 Å². The lowest BCUT2D eigenvalue weighted by molar-refractivity contribution is 0.419. The molecule has 0 aromatic heterocycles. The van der Waals surface area contributed by atoms with Gasteiger partial charge in [0.1, 0.15) is 11.5 Å². The van der Waals surface area contributed by atoms with Crippen LogP contribution in [0.4, 0.5) is 0 Å². The van der Waals surface area contributed by atoms with E-state index < -0.39 is 0 Å². The van der Waals surface area contributed by atoms with Crippen molar-refractivity contribution in [2.75, 3.05) is 0 Å². The zero-order valence-corrected chi connectivity index (χ0v) is 17.5. The molecule has 0 saturated heterocycles. The predicted octanol–water partition coefficient (Wildman–Crippen LogP) is 8.61. The standard InChI is InChI=1S/C30H22O2/c1-3-9-23(10-4-1)25-15-19-27(20-16-25)31-29-13-7-8-14-30(29)32-28-21-17-26(18-22-28)24-11-5-2-6-12-24/h1-22H. The van der Waals surface area contributed by atoms with Gasteiger partial charge in [-0.05, 0) is 58.7 Å². The first kappa shape index (κ1) is 19.7. The van der Waals surface area contributed by atoms with Gasteiger partial charge in [0, 0.05) is 0 Å². The Morgan fingerprint density at radius 3 is 0.969 bits per heavy atom. The van der Waals surface area contributed by atoms with Gasteiger partial charge in [0.05, 0.1) is 0 Å². The van der Waals surface area contributed by atoms with Crippen LogP contribution in [0.5, 0.6) is 23.0 Å². The molecule has 5 aromatic carbocycles. The molecule has 0 unspecified atom stereocenters. The van der Waals surface area contributed by atoms with Crippen molar-refractivity contribution >= 4 is 0 Å². The van der Waals surface area contributed by atoms with Gasteiger partial charge in [0.15, 0.2) is 11.5 Å². The number of ether oxygens (including phenoxy) is 2. The van der Waals surface area contributed by atoms with E-state index in [4.69, 9.17) is 9.47 Å². The van der Waals surface area contributed by atoms with E-state index in [1.165, 1.54) is 11.1 Å². The minimum absolute atomic E-state index is 0.673. The highest BCUT2D eigenvalue weighted by molar-refractivity contribution is 5.65. The summed E-state index contributed by atoms with van der Waals surface area (Å²) in [5.41, 5.74) is 4.67. The van der Waals surface area contributed by atoms with E-state index in [2.05, 4.69) is 48.5 Å². The van der Waals surface area contributed by atoms with Gasteiger partial charge in [0.25, 0.3) is 0 Å². The fourth-order valence-electron chi connectivity index (χ4n) is 3.56. The Kier molecular flexibility index (Phi) is 5.67. The highest BCUT2D eigenvalue weighted by Gasteiger charge is 2.08. The molecule has 5 aromatic rings. The second kappa shape index (κ2) is 9.23. The summed E-state index contributed by atoms with van der Waals surface area (Å²) in [4.78, 5) is 0. The van der Waals surface area contributed by atoms with Crippen molar-refractivity contribution in [1.82, 2.24) is 0 Å². The van der Waals surface area contributed by atoms with E-state index in [-0.39, 0.29) is 0 Å². The number of hydrogen-bond acceptors (Lipinski definition) is 2. The monoisotopic (exact) mass is 414 g/mol. The summed E-state index contributed by atoms with van der Waals surface area (Å²) in [6.45, 7) is 0. The molecule has 0 aliphatic rings. The average Bonchev–Trinajstić information content (AvgIpc) is 2.87. The van der Waals surface area contributed by atoms with Gasteiger partial charge < -0.3 is 9.47 Å². The summed E-state index contributed by atoms with van der Waals surface area (Å²) in [7, 11) is 0. The van der Waals surface area contributed by atoms with Crippen LogP contribution in [0.2, 0.25) is 0 Å². The zero-order valence-electron chi connectivity index (χ0n) is 17.5. The fraction of sp³-hybridized carbons (Fsp3) is 0. The van der Waals surface area contributed by atoms with Crippen LogP contribution in [0.15, 0.2) is 133 Å². The molecule has 0 bridgehead atoms. The van der Waals surface area contributed by atoms with Crippen molar-refractivity contribution in [2.24, 2.45) is 0 Å². The highest BCUT2D eigenvalue weighted by Crippen LogP contribution is 2.35. The van der Waals surface area contributed by atoms with Gasteiger partial charge >= 0.3 is 0 Å². The summed E-state index contributed by atoms with van der Waals surface area (Å²) in [6, 6.07) is 44.5. The quantitative estimate of drug-likeness (QED) is 0.277. The smallest absolute Gasteiger partial charge is 0.169 e. The van der Waals surface area contributed by atoms with Crippen LogP contribution in [0.25, 0.3) is 22.3 Å². The molecule has 0 aliphatic carbocycles. The van der Waals surface area contributed by atoms with Crippen molar-refractivity contribution in [3.05, 3.63) is 133 Å². The molecule has 0 aliphatic heterocycles. The minimum atomic E-state index is 0.673. The molecular weight excluding hydrogens is 392 g/mol. The van der Waals surface area contributed by atoms with Crippen molar-refractivity contribution in [1.29, 1.82) is 0 Å². The third-order valence-electron chi connectivity index (χ3n) is 5.23. The fourth-order valence-corrected chi connectivity index (χ4v) is 3.56. The first-order chi connectivity index (χ1) is 15.8. The topological polar surface area (TPSA) is 18.5 Å². The van der Waals surface area contributed by atoms with Crippen molar-refractivity contribution in [2.45, 2.75) is 0 Å². The molecule has 0 N–H and O–H groups in total. The van der Waals surface area contributed by atoms with E-state index in [1.807, 2.05) is 84.9 Å². The molecule has 2 nitrogen and oxygen atoms in total. The highest BCUT2D eigenvalue weighted by atomic mass is 16.5. The van der Waals surface area contributed by atoms with Crippen molar-refractivity contribution in [3.63, 3.8) is 0 Å². The van der Waals surface area contributed by atoms with Gasteiger partial charge in [-0.2, -0.15) is 0 Å². The second-order valence-corrected chi connectivity index (χ2v) is 7.43. The van der Waals surface area contributed by atoms with Gasteiger partial charge in [-0.25, -0.2) is 0 Å². The van der Waals surface area contributed by atoms with E-state index in [1.54, 1.807) is 0 Å². The first-order valence-electron chi connectivity index (χ1n) is 10.6. The summed E-state index contributed by atoms with van der Waals surface area (Å²) in [5, 5.41) is 0. The number of benzene rings is 5. The molecule has 0 spiro atoms. The molecule has 2 heteroatoms. The lowest BCUT2D eigenvalue weighted by Gasteiger charge is -2.13. The van der Waals surface area contributed by atoms with Crippen LogP contribution in [-0.4, -0.2) is 0 Å². The van der Waals surface area contributed by atoms with Crippen LogP contribution in [0, 0.1) is 0 Å². The maximum Gasteiger partial charge on any atom is 0.169 e.